The van der Waals surface area contributed by atoms with Gasteiger partial charge in [0.1, 0.15) is 5.82 Å². The molecule has 0 aliphatic carbocycles. The van der Waals surface area contributed by atoms with Gasteiger partial charge in [0.2, 0.25) is 0 Å². The number of halogens is 4. The van der Waals surface area contributed by atoms with Crippen LogP contribution in [-0.4, -0.2) is 36.4 Å². The molecule has 31 heavy (non-hydrogen) atoms. The number of aromatic nitrogens is 1. The summed E-state index contributed by atoms with van der Waals surface area (Å²) in [6.45, 7) is 1.31. The van der Waals surface area contributed by atoms with E-state index in [0.717, 1.165) is 43.9 Å². The molecule has 11 heteroatoms. The van der Waals surface area contributed by atoms with Crippen LogP contribution >= 0.6 is 11.6 Å². The van der Waals surface area contributed by atoms with Crippen LogP contribution in [0.15, 0.2) is 41.7 Å². The zero-order chi connectivity index (χ0) is 22.4. The van der Waals surface area contributed by atoms with Crippen molar-refractivity contribution >= 4 is 34.8 Å². The molecule has 0 spiro atoms. The summed E-state index contributed by atoms with van der Waals surface area (Å²) in [4.78, 5) is 23.4. The Balaban J connectivity index is 1.57. The molecule has 1 fully saturated rings. The predicted molar refractivity (Wildman–Crippen MR) is 112 cm³/mol. The number of piperidine rings is 1. The molecule has 2 heterocycles. The number of pyridine rings is 1. The van der Waals surface area contributed by atoms with Crippen LogP contribution in [0.3, 0.4) is 0 Å². The molecule has 1 aliphatic heterocycles. The van der Waals surface area contributed by atoms with Gasteiger partial charge in [-0.3, -0.25) is 4.79 Å². The second-order valence-electron chi connectivity index (χ2n) is 6.94. The van der Waals surface area contributed by atoms with Gasteiger partial charge < -0.3 is 20.8 Å². The third-order valence-corrected chi connectivity index (χ3v) is 4.96. The van der Waals surface area contributed by atoms with Gasteiger partial charge in [0.25, 0.3) is 5.91 Å². The Morgan fingerprint density at radius 2 is 1.97 bits per heavy atom. The smallest absolute Gasteiger partial charge is 0.384 e. The van der Waals surface area contributed by atoms with E-state index in [-0.39, 0.29) is 11.5 Å². The third kappa shape index (κ3) is 6.24. The average molecular weight is 456 g/mol. The molecule has 1 saturated heterocycles. The minimum atomic E-state index is -4.63. The number of rotatable bonds is 6. The summed E-state index contributed by atoms with van der Waals surface area (Å²) < 4.78 is 38.7. The minimum absolute atomic E-state index is 0.0549. The standard InChI is InChI=1S/C20H21ClF3N5O2/c21-16-5-4-14(11-15(16)20(22,23)24)27-18(30)12-31-28-19(25)13-6-7-26-17(10-13)29-8-2-1-3-9-29/h4-7,10-11H,1-3,8-9,12H2,(H2,25,28)(H,27,30). The largest absolute Gasteiger partial charge is 0.417 e. The molecule has 0 atom stereocenters. The number of oxime groups is 1. The maximum atomic E-state index is 12.9. The zero-order valence-corrected chi connectivity index (χ0v) is 17.2. The summed E-state index contributed by atoms with van der Waals surface area (Å²) in [5, 5.41) is 5.56. The first-order chi connectivity index (χ1) is 14.7. The van der Waals surface area contributed by atoms with Crippen LogP contribution in [0.4, 0.5) is 24.7 Å². The number of anilines is 2. The van der Waals surface area contributed by atoms with Crippen molar-refractivity contribution in [3.05, 3.63) is 52.7 Å². The van der Waals surface area contributed by atoms with E-state index in [1.807, 2.05) is 0 Å². The van der Waals surface area contributed by atoms with Gasteiger partial charge in [-0.2, -0.15) is 13.2 Å². The van der Waals surface area contributed by atoms with E-state index >= 15 is 0 Å². The van der Waals surface area contributed by atoms with Gasteiger partial charge in [0, 0.05) is 30.5 Å². The van der Waals surface area contributed by atoms with Crippen molar-refractivity contribution in [3.63, 3.8) is 0 Å². The summed E-state index contributed by atoms with van der Waals surface area (Å²) in [5.74, 6) is 0.145. The van der Waals surface area contributed by atoms with Crippen LogP contribution in [-0.2, 0) is 15.8 Å². The molecule has 1 aromatic carbocycles. The number of amidine groups is 1. The molecule has 0 unspecified atom stereocenters. The second kappa shape index (κ2) is 9.86. The van der Waals surface area contributed by atoms with Gasteiger partial charge in [0.05, 0.1) is 10.6 Å². The monoisotopic (exact) mass is 455 g/mol. The summed E-state index contributed by atoms with van der Waals surface area (Å²) in [6.07, 6.45) is 0.387. The quantitative estimate of drug-likeness (QED) is 0.390. The fraction of sp³-hybridized carbons (Fsp3) is 0.350. The molecule has 0 bridgehead atoms. The molecule has 2 aromatic rings. The molecule has 3 rings (SSSR count). The molecule has 1 aromatic heterocycles. The SMILES string of the molecule is N/C(=N\OCC(=O)Nc1ccc(Cl)c(C(F)(F)F)c1)c1ccnc(N2CCCCC2)c1. The van der Waals surface area contributed by atoms with Crippen molar-refractivity contribution in [3.8, 4) is 0 Å². The lowest BCUT2D eigenvalue weighted by molar-refractivity contribution is -0.137. The number of nitrogens with two attached hydrogens (primary N) is 1. The van der Waals surface area contributed by atoms with Crippen LogP contribution in [0, 0.1) is 0 Å². The number of carbonyl (C=O) groups is 1. The third-order valence-electron chi connectivity index (χ3n) is 4.64. The summed E-state index contributed by atoms with van der Waals surface area (Å²) in [6, 6.07) is 6.52. The molecule has 0 radical (unpaired) electrons. The van der Waals surface area contributed by atoms with Gasteiger partial charge in [-0.15, -0.1) is 0 Å². The normalized spacial score (nSPS) is 15.0. The molecule has 7 nitrogen and oxygen atoms in total. The van der Waals surface area contributed by atoms with Crippen molar-refractivity contribution < 1.29 is 22.8 Å². The first-order valence-corrected chi connectivity index (χ1v) is 9.95. The van der Waals surface area contributed by atoms with E-state index in [0.29, 0.717) is 5.56 Å². The molecule has 1 aliphatic rings. The predicted octanol–water partition coefficient (Wildman–Crippen LogP) is 4.02. The van der Waals surface area contributed by atoms with Crippen molar-refractivity contribution in [1.82, 2.24) is 4.98 Å². The molecular weight excluding hydrogens is 435 g/mol. The highest BCUT2D eigenvalue weighted by atomic mass is 35.5. The van der Waals surface area contributed by atoms with Crippen molar-refractivity contribution in [2.45, 2.75) is 25.4 Å². The van der Waals surface area contributed by atoms with E-state index in [9.17, 15) is 18.0 Å². The van der Waals surface area contributed by atoms with Crippen molar-refractivity contribution in [2.24, 2.45) is 10.9 Å². The number of alkyl halides is 3. The van der Waals surface area contributed by atoms with Crippen LogP contribution in [0.1, 0.15) is 30.4 Å². The topological polar surface area (TPSA) is 92.8 Å². The van der Waals surface area contributed by atoms with Crippen molar-refractivity contribution in [1.29, 1.82) is 0 Å². The first kappa shape index (κ1) is 22.7. The van der Waals surface area contributed by atoms with Gasteiger partial charge in [-0.05, 0) is 49.6 Å². The van der Waals surface area contributed by atoms with E-state index in [1.165, 1.54) is 12.5 Å². The van der Waals surface area contributed by atoms with Gasteiger partial charge in [-0.1, -0.05) is 16.8 Å². The summed E-state index contributed by atoms with van der Waals surface area (Å²) in [5.41, 5.74) is 5.40. The summed E-state index contributed by atoms with van der Waals surface area (Å²) in [7, 11) is 0. The minimum Gasteiger partial charge on any atom is -0.384 e. The zero-order valence-electron chi connectivity index (χ0n) is 16.5. The lowest BCUT2D eigenvalue weighted by atomic mass is 10.1. The fourth-order valence-corrected chi connectivity index (χ4v) is 3.33. The molecule has 3 N–H and O–H groups in total. The number of hydrogen-bond donors (Lipinski definition) is 2. The highest BCUT2D eigenvalue weighted by Gasteiger charge is 2.33. The molecule has 166 valence electrons. The Bertz CT molecular complexity index is 962. The lowest BCUT2D eigenvalue weighted by Gasteiger charge is -2.27. The lowest BCUT2D eigenvalue weighted by Crippen LogP contribution is -2.30. The van der Waals surface area contributed by atoms with Crippen LogP contribution in [0.25, 0.3) is 0 Å². The van der Waals surface area contributed by atoms with Crippen molar-refractivity contribution in [2.75, 3.05) is 29.9 Å². The molecular formula is C20H21ClF3N5O2. The second-order valence-corrected chi connectivity index (χ2v) is 7.35. The Morgan fingerprint density at radius 3 is 2.68 bits per heavy atom. The number of carbonyl (C=O) groups excluding carboxylic acids is 1. The van der Waals surface area contributed by atoms with E-state index in [1.54, 1.807) is 18.3 Å². The number of hydrogen-bond acceptors (Lipinski definition) is 5. The number of benzene rings is 1. The maximum Gasteiger partial charge on any atom is 0.417 e. The summed E-state index contributed by atoms with van der Waals surface area (Å²) >= 11 is 5.56. The Labute approximate surface area is 182 Å². The Morgan fingerprint density at radius 1 is 1.23 bits per heavy atom. The van der Waals surface area contributed by atoms with E-state index in [4.69, 9.17) is 22.2 Å². The van der Waals surface area contributed by atoms with E-state index in [2.05, 4.69) is 20.4 Å². The maximum absolute atomic E-state index is 12.9. The fourth-order valence-electron chi connectivity index (χ4n) is 3.10. The van der Waals surface area contributed by atoms with Gasteiger partial charge in [-0.25, -0.2) is 4.98 Å². The number of nitrogens with zero attached hydrogens (tertiary/aromatic N) is 3. The first-order valence-electron chi connectivity index (χ1n) is 9.57. The average Bonchev–Trinajstić information content (AvgIpc) is 2.75. The molecule has 0 saturated carbocycles. The van der Waals surface area contributed by atoms with Gasteiger partial charge >= 0.3 is 6.18 Å². The highest BCUT2D eigenvalue weighted by molar-refractivity contribution is 6.31. The number of nitrogens with one attached hydrogen (secondary N) is 1. The highest BCUT2D eigenvalue weighted by Crippen LogP contribution is 2.36. The van der Waals surface area contributed by atoms with Crippen LogP contribution in [0.2, 0.25) is 5.02 Å². The van der Waals surface area contributed by atoms with Crippen LogP contribution in [0.5, 0.6) is 0 Å². The molecule has 1 amide bonds. The van der Waals surface area contributed by atoms with Gasteiger partial charge in [0.15, 0.2) is 12.4 Å². The van der Waals surface area contributed by atoms with Crippen LogP contribution < -0.4 is 16.0 Å². The Hall–Kier alpha value is -3.01. The Kier molecular flexibility index (Phi) is 7.21. The van der Waals surface area contributed by atoms with E-state index < -0.39 is 29.3 Å². The number of amides is 1.